The van der Waals surface area contributed by atoms with Gasteiger partial charge in [-0.2, -0.15) is 4.39 Å². The van der Waals surface area contributed by atoms with E-state index in [0.717, 1.165) is 0 Å². The first kappa shape index (κ1) is 14.7. The number of ether oxygens (including phenoxy) is 1. The fourth-order valence-corrected chi connectivity index (χ4v) is 1.61. The molecule has 0 atom stereocenters. The molecule has 0 radical (unpaired) electrons. The molecule has 18 heavy (non-hydrogen) atoms. The van der Waals surface area contributed by atoms with Crippen LogP contribution in [-0.2, 0) is 16.5 Å². The zero-order valence-electron chi connectivity index (χ0n) is 8.59. The van der Waals surface area contributed by atoms with Gasteiger partial charge in [-0.1, -0.05) is 15.9 Å². The lowest BCUT2D eigenvalue weighted by Gasteiger charge is -2.15. The third kappa shape index (κ3) is 4.13. The molecule has 100 valence electrons. The zero-order chi connectivity index (χ0) is 13.9. The van der Waals surface area contributed by atoms with Gasteiger partial charge in [0.25, 0.3) is 0 Å². The van der Waals surface area contributed by atoms with Crippen LogP contribution in [0.1, 0.15) is 11.3 Å². The Kier molecular flexibility index (Phi) is 4.49. The number of hydrogen-bond acceptors (Lipinski definition) is 3. The van der Waals surface area contributed by atoms with E-state index >= 15 is 0 Å². The zero-order valence-corrected chi connectivity index (χ0v) is 10.2. The van der Waals surface area contributed by atoms with Crippen molar-refractivity contribution in [3.63, 3.8) is 0 Å². The van der Waals surface area contributed by atoms with Crippen molar-refractivity contribution in [2.75, 3.05) is 0 Å². The first-order valence-electron chi connectivity index (χ1n) is 4.44. The summed E-state index contributed by atoms with van der Waals surface area (Å²) in [6, 6.07) is 0.599. The minimum Gasteiger partial charge on any atom is -0.481 e. The number of halogens is 5. The average molecular weight is 332 g/mol. The van der Waals surface area contributed by atoms with Gasteiger partial charge in [0, 0.05) is 17.0 Å². The molecule has 1 aromatic rings. The van der Waals surface area contributed by atoms with Gasteiger partial charge in [-0.3, -0.25) is 4.79 Å². The molecule has 0 aliphatic rings. The van der Waals surface area contributed by atoms with Gasteiger partial charge < -0.3 is 9.84 Å². The Morgan fingerprint density at radius 2 is 2.11 bits per heavy atom. The van der Waals surface area contributed by atoms with Crippen molar-refractivity contribution < 1.29 is 32.2 Å². The maximum absolute atomic E-state index is 13.0. The summed E-state index contributed by atoms with van der Waals surface area (Å²) in [4.78, 5) is 13.7. The minimum absolute atomic E-state index is 0.206. The highest BCUT2D eigenvalue weighted by Gasteiger charge is 2.34. The van der Waals surface area contributed by atoms with E-state index in [9.17, 15) is 22.4 Å². The standard InChI is InChI=1S/C9H6BrF4NO3/c10-3-5-8(18-9(12,13)14)4(2-7(16)17)1-6(11)15-5/h1H,2-3H2,(H,16,17). The Bertz CT molecular complexity index is 464. The molecule has 0 saturated carbocycles. The summed E-state index contributed by atoms with van der Waals surface area (Å²) < 4.78 is 53.2. The third-order valence-electron chi connectivity index (χ3n) is 1.77. The normalized spacial score (nSPS) is 11.4. The van der Waals surface area contributed by atoms with Gasteiger partial charge in [-0.05, 0) is 0 Å². The van der Waals surface area contributed by atoms with Gasteiger partial charge in [-0.25, -0.2) is 4.98 Å². The van der Waals surface area contributed by atoms with Gasteiger partial charge in [0.2, 0.25) is 5.95 Å². The topological polar surface area (TPSA) is 59.4 Å². The molecule has 1 rings (SSSR count). The van der Waals surface area contributed by atoms with E-state index in [1.807, 2.05) is 0 Å². The van der Waals surface area contributed by atoms with Crippen molar-refractivity contribution in [1.29, 1.82) is 0 Å². The Morgan fingerprint density at radius 3 is 2.56 bits per heavy atom. The Hall–Kier alpha value is -1.38. The van der Waals surface area contributed by atoms with Crippen molar-refractivity contribution in [3.8, 4) is 5.75 Å². The van der Waals surface area contributed by atoms with Crippen molar-refractivity contribution in [3.05, 3.63) is 23.3 Å². The lowest BCUT2D eigenvalue weighted by molar-refractivity contribution is -0.275. The summed E-state index contributed by atoms with van der Waals surface area (Å²) in [6.45, 7) is 0. The van der Waals surface area contributed by atoms with Crippen LogP contribution in [0.5, 0.6) is 5.75 Å². The van der Waals surface area contributed by atoms with E-state index in [2.05, 4.69) is 25.7 Å². The fraction of sp³-hybridized carbons (Fsp3) is 0.333. The van der Waals surface area contributed by atoms with Crippen LogP contribution in [0.2, 0.25) is 0 Å². The van der Waals surface area contributed by atoms with Gasteiger partial charge in [0.05, 0.1) is 12.1 Å². The molecule has 0 spiro atoms. The number of carbonyl (C=O) groups is 1. The van der Waals surface area contributed by atoms with E-state index in [1.165, 1.54) is 0 Å². The molecule has 1 heterocycles. The van der Waals surface area contributed by atoms with Crippen molar-refractivity contribution in [1.82, 2.24) is 4.98 Å². The van der Waals surface area contributed by atoms with Crippen LogP contribution in [0.15, 0.2) is 6.07 Å². The molecule has 0 aromatic carbocycles. The van der Waals surface area contributed by atoms with Crippen LogP contribution in [-0.4, -0.2) is 22.4 Å². The molecule has 0 amide bonds. The number of pyridine rings is 1. The number of aromatic nitrogens is 1. The average Bonchev–Trinajstić information content (AvgIpc) is 2.19. The quantitative estimate of drug-likeness (QED) is 0.523. The van der Waals surface area contributed by atoms with E-state index in [-0.39, 0.29) is 11.0 Å². The first-order chi connectivity index (χ1) is 8.23. The smallest absolute Gasteiger partial charge is 0.481 e. The van der Waals surface area contributed by atoms with Crippen LogP contribution < -0.4 is 4.74 Å². The number of carboxylic acids is 1. The number of carboxylic acid groups (broad SMARTS) is 1. The molecule has 9 heteroatoms. The van der Waals surface area contributed by atoms with Gasteiger partial charge in [0.15, 0.2) is 5.75 Å². The predicted octanol–water partition coefficient (Wildman–Crippen LogP) is 2.64. The highest BCUT2D eigenvalue weighted by molar-refractivity contribution is 9.08. The highest BCUT2D eigenvalue weighted by atomic mass is 79.9. The lowest BCUT2D eigenvalue weighted by atomic mass is 10.1. The van der Waals surface area contributed by atoms with Crippen LogP contribution >= 0.6 is 15.9 Å². The summed E-state index contributed by atoms with van der Waals surface area (Å²) in [6.07, 6.45) is -5.81. The van der Waals surface area contributed by atoms with Crippen molar-refractivity contribution in [2.45, 2.75) is 18.1 Å². The second kappa shape index (κ2) is 5.51. The van der Waals surface area contributed by atoms with E-state index in [0.29, 0.717) is 6.07 Å². The number of aliphatic carboxylic acids is 1. The second-order valence-corrected chi connectivity index (χ2v) is 3.69. The number of alkyl halides is 4. The minimum atomic E-state index is -5.01. The summed E-state index contributed by atoms with van der Waals surface area (Å²) in [5, 5.41) is 8.35. The van der Waals surface area contributed by atoms with Crippen LogP contribution in [0.3, 0.4) is 0 Å². The van der Waals surface area contributed by atoms with Gasteiger partial charge >= 0.3 is 12.3 Å². The molecular formula is C9H6BrF4NO3. The van der Waals surface area contributed by atoms with E-state index < -0.39 is 36.0 Å². The molecule has 4 nitrogen and oxygen atoms in total. The molecule has 0 bridgehead atoms. The van der Waals surface area contributed by atoms with Gasteiger partial charge in [-0.15, -0.1) is 13.2 Å². The molecule has 0 unspecified atom stereocenters. The fourth-order valence-electron chi connectivity index (χ4n) is 1.23. The number of hydrogen-bond donors (Lipinski definition) is 1. The monoisotopic (exact) mass is 331 g/mol. The first-order valence-corrected chi connectivity index (χ1v) is 5.57. The summed E-state index contributed by atoms with van der Waals surface area (Å²) in [5.74, 6) is -3.27. The number of rotatable bonds is 4. The second-order valence-electron chi connectivity index (χ2n) is 3.13. The third-order valence-corrected chi connectivity index (χ3v) is 2.31. The largest absolute Gasteiger partial charge is 0.573 e. The highest BCUT2D eigenvalue weighted by Crippen LogP contribution is 2.31. The molecule has 1 aromatic heterocycles. The molecule has 0 aliphatic heterocycles. The van der Waals surface area contributed by atoms with Crippen LogP contribution in [0.25, 0.3) is 0 Å². The van der Waals surface area contributed by atoms with Crippen LogP contribution in [0.4, 0.5) is 17.6 Å². The lowest BCUT2D eigenvalue weighted by Crippen LogP contribution is -2.20. The van der Waals surface area contributed by atoms with Gasteiger partial charge in [0.1, 0.15) is 0 Å². The maximum Gasteiger partial charge on any atom is 0.573 e. The molecular weight excluding hydrogens is 326 g/mol. The van der Waals surface area contributed by atoms with Crippen LogP contribution in [0, 0.1) is 5.95 Å². The Balaban J connectivity index is 3.28. The summed E-state index contributed by atoms with van der Waals surface area (Å²) in [5.41, 5.74) is -0.787. The molecule has 0 saturated heterocycles. The Labute approximate surface area is 107 Å². The predicted molar refractivity (Wildman–Crippen MR) is 54.8 cm³/mol. The number of nitrogens with zero attached hydrogens (tertiary/aromatic N) is 1. The van der Waals surface area contributed by atoms with Crippen molar-refractivity contribution in [2.24, 2.45) is 0 Å². The maximum atomic E-state index is 13.0. The molecule has 1 N–H and O–H groups in total. The molecule has 0 aliphatic carbocycles. The van der Waals surface area contributed by atoms with Crippen molar-refractivity contribution >= 4 is 21.9 Å². The summed E-state index contributed by atoms with van der Waals surface area (Å²) in [7, 11) is 0. The SMILES string of the molecule is O=C(O)Cc1cc(F)nc(CBr)c1OC(F)(F)F. The Morgan fingerprint density at radius 1 is 1.50 bits per heavy atom. The van der Waals surface area contributed by atoms with E-state index in [4.69, 9.17) is 5.11 Å². The molecule has 0 fully saturated rings. The summed E-state index contributed by atoms with van der Waals surface area (Å²) >= 11 is 2.83. The van der Waals surface area contributed by atoms with E-state index in [1.54, 1.807) is 0 Å².